The topological polar surface area (TPSA) is 44.4 Å². The number of nitrogens with one attached hydrogen (secondary N) is 2. The van der Waals surface area contributed by atoms with E-state index in [-0.39, 0.29) is 11.9 Å². The fraction of sp³-hybridized carbons (Fsp3) is 0.444. The summed E-state index contributed by atoms with van der Waals surface area (Å²) in [7, 11) is 0. The van der Waals surface area contributed by atoms with Crippen molar-refractivity contribution in [3.8, 4) is 0 Å². The van der Waals surface area contributed by atoms with Crippen molar-refractivity contribution in [2.75, 3.05) is 6.54 Å². The Bertz CT molecular complexity index is 754. The Kier molecular flexibility index (Phi) is 4.96. The fourth-order valence-electron chi connectivity index (χ4n) is 3.06. The summed E-state index contributed by atoms with van der Waals surface area (Å²) in [6.07, 6.45) is -2.50. The number of halogens is 3. The molecule has 1 atom stereocenters. The van der Waals surface area contributed by atoms with Crippen LogP contribution in [0.4, 0.5) is 13.2 Å². The number of nitrogens with zero attached hydrogens (tertiary/aromatic N) is 1. The second kappa shape index (κ2) is 6.90. The Morgan fingerprint density at radius 1 is 1.31 bits per heavy atom. The summed E-state index contributed by atoms with van der Waals surface area (Å²) < 4.78 is 38.5. The molecule has 1 saturated carbocycles. The number of amides is 1. The van der Waals surface area contributed by atoms with Crippen LogP contribution in [0.25, 0.3) is 0 Å². The number of allylic oxidation sites excluding steroid dienone is 1. The molecular weight excluding hydrogens is 363 g/mol. The van der Waals surface area contributed by atoms with Crippen LogP contribution in [0.3, 0.4) is 0 Å². The van der Waals surface area contributed by atoms with E-state index in [0.29, 0.717) is 22.8 Å². The summed E-state index contributed by atoms with van der Waals surface area (Å²) in [6, 6.07) is 4.44. The SMILES string of the molecule is CCN1C(=S)N[C@H](c2ccc(C(F)(F)F)cc2)C(C(=O)NC2CC2)=C1C. The van der Waals surface area contributed by atoms with Crippen LogP contribution in [0, 0.1) is 0 Å². The van der Waals surface area contributed by atoms with E-state index < -0.39 is 17.8 Å². The van der Waals surface area contributed by atoms with Crippen LogP contribution < -0.4 is 10.6 Å². The lowest BCUT2D eigenvalue weighted by atomic mass is 9.93. The minimum atomic E-state index is -4.40. The molecule has 0 radical (unpaired) electrons. The molecule has 1 aromatic rings. The predicted molar refractivity (Wildman–Crippen MR) is 96.2 cm³/mol. The Labute approximate surface area is 155 Å². The third-order valence-corrected chi connectivity index (χ3v) is 4.98. The maximum absolute atomic E-state index is 12.8. The first-order valence-corrected chi connectivity index (χ1v) is 8.90. The highest BCUT2D eigenvalue weighted by molar-refractivity contribution is 7.80. The van der Waals surface area contributed by atoms with E-state index >= 15 is 0 Å². The highest BCUT2D eigenvalue weighted by Gasteiger charge is 2.36. The zero-order valence-corrected chi connectivity index (χ0v) is 15.3. The van der Waals surface area contributed by atoms with Gasteiger partial charge in [0.15, 0.2) is 5.11 Å². The molecule has 0 unspecified atom stereocenters. The fourth-order valence-corrected chi connectivity index (χ4v) is 3.45. The van der Waals surface area contributed by atoms with Crippen molar-refractivity contribution >= 4 is 23.2 Å². The molecule has 26 heavy (non-hydrogen) atoms. The summed E-state index contributed by atoms with van der Waals surface area (Å²) in [5.41, 5.74) is 1.06. The summed E-state index contributed by atoms with van der Waals surface area (Å²) in [5, 5.41) is 6.52. The van der Waals surface area contributed by atoms with Gasteiger partial charge in [-0.2, -0.15) is 13.2 Å². The molecule has 1 aliphatic heterocycles. The zero-order chi connectivity index (χ0) is 19.1. The predicted octanol–water partition coefficient (Wildman–Crippen LogP) is 3.51. The molecule has 1 aromatic carbocycles. The van der Waals surface area contributed by atoms with Crippen molar-refractivity contribution in [2.45, 2.75) is 44.9 Å². The van der Waals surface area contributed by atoms with Crippen LogP contribution >= 0.6 is 12.2 Å². The second-order valence-corrected chi connectivity index (χ2v) is 6.88. The quantitative estimate of drug-likeness (QED) is 0.781. The number of carbonyl (C=O) groups excluding carboxylic acids is 1. The molecule has 2 aliphatic rings. The van der Waals surface area contributed by atoms with Crippen LogP contribution in [0.2, 0.25) is 0 Å². The molecule has 4 nitrogen and oxygen atoms in total. The smallest absolute Gasteiger partial charge is 0.351 e. The minimum Gasteiger partial charge on any atom is -0.351 e. The molecule has 3 rings (SSSR count). The number of benzene rings is 1. The lowest BCUT2D eigenvalue weighted by Crippen LogP contribution is -2.49. The summed E-state index contributed by atoms with van der Waals surface area (Å²) in [4.78, 5) is 14.6. The molecule has 0 spiro atoms. The van der Waals surface area contributed by atoms with Gasteiger partial charge in [-0.25, -0.2) is 0 Å². The Hall–Kier alpha value is -2.09. The molecule has 0 aromatic heterocycles. The van der Waals surface area contributed by atoms with Crippen molar-refractivity contribution in [3.05, 3.63) is 46.7 Å². The van der Waals surface area contributed by atoms with E-state index in [1.807, 2.05) is 18.7 Å². The van der Waals surface area contributed by atoms with Gasteiger partial charge in [0, 0.05) is 18.3 Å². The van der Waals surface area contributed by atoms with Crippen molar-refractivity contribution in [1.29, 1.82) is 0 Å². The Morgan fingerprint density at radius 3 is 2.42 bits per heavy atom. The van der Waals surface area contributed by atoms with Gasteiger partial charge in [-0.3, -0.25) is 4.79 Å². The van der Waals surface area contributed by atoms with Gasteiger partial charge in [-0.1, -0.05) is 12.1 Å². The van der Waals surface area contributed by atoms with E-state index in [4.69, 9.17) is 12.2 Å². The number of thiocarbonyl (C=S) groups is 1. The van der Waals surface area contributed by atoms with Crippen LogP contribution in [-0.4, -0.2) is 28.5 Å². The number of hydrogen-bond donors (Lipinski definition) is 2. The molecule has 8 heteroatoms. The molecule has 140 valence electrons. The summed E-state index contributed by atoms with van der Waals surface area (Å²) in [5.74, 6) is -0.205. The van der Waals surface area contributed by atoms with E-state index in [1.165, 1.54) is 12.1 Å². The average Bonchev–Trinajstić information content (AvgIpc) is 3.37. The Morgan fingerprint density at radius 2 is 1.92 bits per heavy atom. The van der Waals surface area contributed by atoms with Crippen LogP contribution in [0.5, 0.6) is 0 Å². The third-order valence-electron chi connectivity index (χ3n) is 4.64. The lowest BCUT2D eigenvalue weighted by molar-refractivity contribution is -0.137. The van der Waals surface area contributed by atoms with Gasteiger partial charge in [-0.15, -0.1) is 0 Å². The maximum atomic E-state index is 12.8. The zero-order valence-electron chi connectivity index (χ0n) is 14.5. The molecular formula is C18H20F3N3OS. The van der Waals surface area contributed by atoms with E-state index in [2.05, 4.69) is 10.6 Å². The maximum Gasteiger partial charge on any atom is 0.416 e. The monoisotopic (exact) mass is 383 g/mol. The molecule has 1 aliphatic carbocycles. The van der Waals surface area contributed by atoms with Gasteiger partial charge >= 0.3 is 6.18 Å². The highest BCUT2D eigenvalue weighted by Crippen LogP contribution is 2.34. The molecule has 2 N–H and O–H groups in total. The third kappa shape index (κ3) is 3.70. The number of carbonyl (C=O) groups is 1. The van der Waals surface area contributed by atoms with Crippen molar-refractivity contribution in [2.24, 2.45) is 0 Å². The van der Waals surface area contributed by atoms with E-state index in [1.54, 1.807) is 0 Å². The first-order valence-electron chi connectivity index (χ1n) is 8.49. The second-order valence-electron chi connectivity index (χ2n) is 6.49. The van der Waals surface area contributed by atoms with Crippen molar-refractivity contribution < 1.29 is 18.0 Å². The molecule has 0 bridgehead atoms. The van der Waals surface area contributed by atoms with Gasteiger partial charge in [0.1, 0.15) is 0 Å². The van der Waals surface area contributed by atoms with Gasteiger partial charge in [0.25, 0.3) is 5.91 Å². The van der Waals surface area contributed by atoms with E-state index in [9.17, 15) is 18.0 Å². The first kappa shape index (κ1) is 18.7. The van der Waals surface area contributed by atoms with Crippen molar-refractivity contribution in [3.63, 3.8) is 0 Å². The van der Waals surface area contributed by atoms with Gasteiger partial charge in [0.05, 0.1) is 17.2 Å². The van der Waals surface area contributed by atoms with Gasteiger partial charge in [0.2, 0.25) is 0 Å². The molecule has 0 saturated heterocycles. The number of alkyl halides is 3. The minimum absolute atomic E-state index is 0.181. The Balaban J connectivity index is 1.98. The number of hydrogen-bond acceptors (Lipinski definition) is 2. The standard InChI is InChI=1S/C18H20F3N3OS/c1-3-24-10(2)14(16(25)22-13-8-9-13)15(23-17(24)26)11-4-6-12(7-5-11)18(19,20)21/h4-7,13,15H,3,8-9H2,1-2H3,(H,22,25)(H,23,26)/t15-/m1/s1. The van der Waals surface area contributed by atoms with Crippen LogP contribution in [0.1, 0.15) is 43.9 Å². The lowest BCUT2D eigenvalue weighted by Gasteiger charge is -2.37. The van der Waals surface area contributed by atoms with E-state index in [0.717, 1.165) is 30.7 Å². The normalized spacial score (nSPS) is 20.9. The summed E-state index contributed by atoms with van der Waals surface area (Å²) >= 11 is 5.37. The summed E-state index contributed by atoms with van der Waals surface area (Å²) in [6.45, 7) is 4.33. The molecule has 1 heterocycles. The largest absolute Gasteiger partial charge is 0.416 e. The van der Waals surface area contributed by atoms with Crippen LogP contribution in [-0.2, 0) is 11.0 Å². The van der Waals surface area contributed by atoms with Gasteiger partial charge < -0.3 is 15.5 Å². The van der Waals surface area contributed by atoms with Crippen LogP contribution in [0.15, 0.2) is 35.5 Å². The highest BCUT2D eigenvalue weighted by atomic mass is 32.1. The van der Waals surface area contributed by atoms with Gasteiger partial charge in [-0.05, 0) is 56.6 Å². The van der Waals surface area contributed by atoms with Crippen molar-refractivity contribution in [1.82, 2.24) is 15.5 Å². The average molecular weight is 383 g/mol. The first-order chi connectivity index (χ1) is 12.2. The molecule has 1 amide bonds. The number of rotatable bonds is 4. The molecule has 1 fully saturated rings.